The van der Waals surface area contributed by atoms with Crippen LogP contribution in [0, 0.1) is 4.91 Å². The summed E-state index contributed by atoms with van der Waals surface area (Å²) in [5.74, 6) is 0. The van der Waals surface area contributed by atoms with Crippen LogP contribution in [-0.2, 0) is 29.7 Å². The smallest absolute Gasteiger partial charge is 0 e. The van der Waals surface area contributed by atoms with Gasteiger partial charge in [0.25, 0.3) is 0 Å². The van der Waals surface area contributed by atoms with Gasteiger partial charge in [-0.3, -0.25) is 0 Å². The number of nitrogens with zero attached hydrogens (tertiary/aromatic N) is 1. The van der Waals surface area contributed by atoms with Gasteiger partial charge in [-0.2, -0.15) is 0 Å². The molecule has 0 atom stereocenters. The van der Waals surface area contributed by atoms with E-state index in [9.17, 15) is 4.91 Å². The van der Waals surface area contributed by atoms with Crippen molar-refractivity contribution in [3.63, 3.8) is 0 Å². The molecule has 0 aliphatic heterocycles. The van der Waals surface area contributed by atoms with Crippen LogP contribution in [0.25, 0.3) is 0 Å². The van der Waals surface area contributed by atoms with Gasteiger partial charge in [-0.1, -0.05) is 0 Å². The minimum absolute atomic E-state index is 0. The second-order valence-electron chi connectivity index (χ2n) is 9.96. The van der Waals surface area contributed by atoms with E-state index in [1.165, 1.54) is 0 Å². The van der Waals surface area contributed by atoms with E-state index < -0.39 is 15.0 Å². The summed E-state index contributed by atoms with van der Waals surface area (Å²) < 4.78 is 13.5. The van der Waals surface area contributed by atoms with Crippen LogP contribution in [0.1, 0.15) is 0 Å². The third kappa shape index (κ3) is 6.10. The minimum atomic E-state index is -3.38. The van der Waals surface area contributed by atoms with Gasteiger partial charge in [0, 0.05) is 20.4 Å². The second-order valence-corrected chi connectivity index (χ2v) is 16.5. The van der Waals surface area contributed by atoms with Crippen molar-refractivity contribution in [1.29, 1.82) is 0 Å². The summed E-state index contributed by atoms with van der Waals surface area (Å²) in [5.41, 5.74) is 0. The molecule has 43 heavy (non-hydrogen) atoms. The molecular weight excluding hydrogens is 663 g/mol. The van der Waals surface area contributed by atoms with Gasteiger partial charge < -0.3 is 0 Å². The molecule has 4 nitrogen and oxygen atoms in total. The number of rotatable bonds is 10. The Morgan fingerprint density at radius 3 is 0.651 bits per heavy atom. The van der Waals surface area contributed by atoms with Gasteiger partial charge in [-0.05, 0) is 0 Å². The molecule has 0 unspecified atom stereocenters. The summed E-state index contributed by atoms with van der Waals surface area (Å²) in [4.78, 5) is 14.5. The predicted octanol–water partition coefficient (Wildman–Crippen LogP) is 5.91. The Hall–Kier alpha value is -3.96. The van der Waals surface area contributed by atoms with Crippen molar-refractivity contribution >= 4 is 46.8 Å². The third-order valence-corrected chi connectivity index (χ3v) is 15.2. The van der Waals surface area contributed by atoms with Crippen molar-refractivity contribution in [2.45, 2.75) is 0 Å². The fourth-order valence-electron chi connectivity index (χ4n) is 5.60. The average molecular weight is 695 g/mol. The summed E-state index contributed by atoms with van der Waals surface area (Å²) in [6.07, 6.45) is 0. The summed E-state index contributed by atoms with van der Waals surface area (Å²) >= 11 is 0. The van der Waals surface area contributed by atoms with Crippen LogP contribution in [-0.4, -0.2) is 5.09 Å². The molecule has 0 saturated heterocycles. The predicted molar refractivity (Wildman–Crippen MR) is 179 cm³/mol. The van der Waals surface area contributed by atoms with Gasteiger partial charge in [0.1, 0.15) is 0 Å². The van der Waals surface area contributed by atoms with Crippen LogP contribution in [0.3, 0.4) is 0 Å². The first kappa shape index (κ1) is 30.5. The molecule has 7 heteroatoms. The number of benzene rings is 6. The molecule has 0 aliphatic rings. The molecule has 0 aliphatic carbocycles. The van der Waals surface area contributed by atoms with Crippen molar-refractivity contribution in [3.05, 3.63) is 187 Å². The zero-order chi connectivity index (χ0) is 28.7. The van der Waals surface area contributed by atoms with Gasteiger partial charge >= 0.3 is 248 Å². The molecule has 6 aromatic rings. The maximum atomic E-state index is 14.5. The van der Waals surface area contributed by atoms with Gasteiger partial charge in [0.05, 0.1) is 0 Å². The van der Waals surface area contributed by atoms with E-state index in [1.807, 2.05) is 182 Å². The largest absolute Gasteiger partial charge is 0 e. The van der Waals surface area contributed by atoms with E-state index in [4.69, 9.17) is 9.25 Å². The Kier molecular flexibility index (Phi) is 9.94. The Morgan fingerprint density at radius 2 is 0.488 bits per heavy atom. The maximum absolute atomic E-state index is 14.5. The molecule has 0 heterocycles. The monoisotopic (exact) mass is 694 g/mol. The van der Waals surface area contributed by atoms with E-state index in [0.717, 1.165) is 31.8 Å². The van der Waals surface area contributed by atoms with E-state index in [-0.39, 0.29) is 20.4 Å². The number of hydrogen-bond acceptors (Lipinski definition) is 3. The van der Waals surface area contributed by atoms with E-state index in [1.54, 1.807) is 0 Å². The summed E-state index contributed by atoms with van der Waals surface area (Å²) in [5, 5.41) is 6.07. The van der Waals surface area contributed by atoms with Crippen LogP contribution >= 0.6 is 15.0 Å². The molecule has 0 saturated carbocycles. The first-order valence-corrected chi connectivity index (χ1v) is 17.7. The zero-order valence-electron chi connectivity index (χ0n) is 23.3. The normalized spacial score (nSPS) is 11.9. The molecule has 0 radical (unpaired) electrons. The maximum Gasteiger partial charge on any atom is 0 e. The summed E-state index contributed by atoms with van der Waals surface area (Å²) in [7, 11) is -6.76. The molecular formula is C36H32NO3P2Pd+. The minimum Gasteiger partial charge on any atom is 0 e. The summed E-state index contributed by atoms with van der Waals surface area (Å²) in [6.45, 7) is 0. The van der Waals surface area contributed by atoms with Crippen molar-refractivity contribution in [1.82, 2.24) is 0 Å². The van der Waals surface area contributed by atoms with Gasteiger partial charge in [0.2, 0.25) is 0 Å². The van der Waals surface area contributed by atoms with Crippen molar-refractivity contribution < 1.29 is 34.8 Å². The Bertz CT molecular complexity index is 1410. The fourth-order valence-corrected chi connectivity index (χ4v) is 12.8. The number of hydrogen-bond donors (Lipinski definition) is 0. The van der Waals surface area contributed by atoms with Crippen molar-refractivity contribution in [2.24, 2.45) is 0 Å². The molecule has 0 amide bonds. The fraction of sp³-hybridized carbons (Fsp3) is 0. The molecule has 0 N–H and O–H groups in total. The molecule has 6 rings (SSSR count). The third-order valence-electron chi connectivity index (χ3n) is 7.50. The van der Waals surface area contributed by atoms with E-state index in [2.05, 4.69) is 0 Å². The molecule has 0 bridgehead atoms. The topological polar surface area (TPSA) is 38.5 Å². The molecule has 0 spiro atoms. The SMILES string of the molecule is O=[N+](O[PH](c1ccccc1)(c1ccccc1)c1ccccc1)O[PH](c1ccccc1)(c1ccccc1)c1ccccc1.[Pd]. The molecule has 0 fully saturated rings. The zero-order valence-corrected chi connectivity index (χ0v) is 26.9. The van der Waals surface area contributed by atoms with Crippen LogP contribution in [0.5, 0.6) is 0 Å². The van der Waals surface area contributed by atoms with Crippen molar-refractivity contribution in [2.75, 3.05) is 0 Å². The quantitative estimate of drug-likeness (QED) is 0.102. The van der Waals surface area contributed by atoms with Gasteiger partial charge in [0.15, 0.2) is 0 Å². The van der Waals surface area contributed by atoms with Gasteiger partial charge in [-0.25, -0.2) is 0 Å². The standard InChI is InChI=1S/C36H32NO3P2.Pd/c38-37(39-41(31-19-7-1-8-20-31,32-21-9-2-10-22-32)33-23-11-3-12-24-33)40-42(34-25-13-4-14-26-34,35-27-15-5-16-28-35)36-29-17-6-18-30-36;/h1-30,41-42H;/q+1;. The Morgan fingerprint density at radius 1 is 0.326 bits per heavy atom. The first-order valence-electron chi connectivity index (χ1n) is 13.9. The van der Waals surface area contributed by atoms with Crippen LogP contribution in [0.4, 0.5) is 0 Å². The van der Waals surface area contributed by atoms with E-state index in [0.29, 0.717) is 5.09 Å². The van der Waals surface area contributed by atoms with Crippen LogP contribution < -0.4 is 31.8 Å². The molecule has 218 valence electrons. The van der Waals surface area contributed by atoms with Crippen molar-refractivity contribution in [3.8, 4) is 0 Å². The average Bonchev–Trinajstić information content (AvgIpc) is 3.08. The first-order chi connectivity index (χ1) is 20.7. The van der Waals surface area contributed by atoms with Gasteiger partial charge in [-0.15, -0.1) is 0 Å². The van der Waals surface area contributed by atoms with Crippen LogP contribution in [0.15, 0.2) is 182 Å². The molecule has 0 aromatic heterocycles. The Labute approximate surface area is 267 Å². The van der Waals surface area contributed by atoms with E-state index >= 15 is 0 Å². The van der Waals surface area contributed by atoms with Crippen LogP contribution in [0.2, 0.25) is 0 Å². The Balaban J connectivity index is 0.00000368. The molecule has 6 aromatic carbocycles. The second kappa shape index (κ2) is 14.0. The summed E-state index contributed by atoms with van der Waals surface area (Å²) in [6, 6.07) is 60.1.